The first-order chi connectivity index (χ1) is 11.7. The van der Waals surface area contributed by atoms with Gasteiger partial charge in [-0.25, -0.2) is 4.79 Å². The Morgan fingerprint density at radius 3 is 3.21 bits per heavy atom. The number of nitrogens with zero attached hydrogens (tertiary/aromatic N) is 2. The Morgan fingerprint density at radius 1 is 1.38 bits per heavy atom. The smallest absolute Gasteiger partial charge is 0.319 e. The molecule has 0 saturated heterocycles. The van der Waals surface area contributed by atoms with E-state index in [-0.39, 0.29) is 12.1 Å². The lowest BCUT2D eigenvalue weighted by Gasteiger charge is -2.23. The fourth-order valence-electron chi connectivity index (χ4n) is 3.32. The normalized spacial score (nSPS) is 16.6. The number of carbonyl (C=O) groups excluding carboxylic acids is 1. The monoisotopic (exact) mass is 321 g/mol. The number of urea groups is 1. The van der Waals surface area contributed by atoms with Gasteiger partial charge in [-0.3, -0.25) is 10.1 Å². The van der Waals surface area contributed by atoms with E-state index in [0.29, 0.717) is 0 Å². The third kappa shape index (κ3) is 2.82. The molecule has 2 aromatic heterocycles. The molecule has 6 heteroatoms. The molecule has 2 heterocycles. The van der Waals surface area contributed by atoms with E-state index in [0.717, 1.165) is 41.4 Å². The highest BCUT2D eigenvalue weighted by atomic mass is 16.2. The van der Waals surface area contributed by atoms with Crippen LogP contribution in [-0.4, -0.2) is 27.3 Å². The van der Waals surface area contributed by atoms with E-state index in [1.807, 2.05) is 31.3 Å². The van der Waals surface area contributed by atoms with Crippen molar-refractivity contribution in [3.63, 3.8) is 0 Å². The maximum absolute atomic E-state index is 12.4. The lowest BCUT2D eigenvalue weighted by molar-refractivity contribution is 0.247. The van der Waals surface area contributed by atoms with E-state index >= 15 is 0 Å². The van der Waals surface area contributed by atoms with Gasteiger partial charge in [0.05, 0.1) is 17.4 Å². The lowest BCUT2D eigenvalue weighted by atomic mass is 9.94. The Morgan fingerprint density at radius 2 is 2.29 bits per heavy atom. The van der Waals surface area contributed by atoms with Crippen LogP contribution in [0.15, 0.2) is 36.7 Å². The average molecular weight is 321 g/mol. The molecule has 0 saturated carbocycles. The van der Waals surface area contributed by atoms with Crippen molar-refractivity contribution in [2.45, 2.75) is 32.2 Å². The summed E-state index contributed by atoms with van der Waals surface area (Å²) in [5.41, 5.74) is 5.00. The van der Waals surface area contributed by atoms with Crippen LogP contribution < -0.4 is 10.6 Å². The number of aromatic nitrogens is 3. The van der Waals surface area contributed by atoms with Crippen LogP contribution in [-0.2, 0) is 12.8 Å². The van der Waals surface area contributed by atoms with Crippen molar-refractivity contribution in [3.8, 4) is 0 Å². The predicted molar refractivity (Wildman–Crippen MR) is 93.0 cm³/mol. The van der Waals surface area contributed by atoms with Gasteiger partial charge in [0, 0.05) is 23.3 Å². The molecule has 4 rings (SSSR count). The molecule has 6 nitrogen and oxygen atoms in total. The largest absolute Gasteiger partial charge is 0.335 e. The van der Waals surface area contributed by atoms with Crippen molar-refractivity contribution < 1.29 is 4.79 Å². The zero-order valence-corrected chi connectivity index (χ0v) is 13.5. The number of anilines is 1. The molecule has 1 aliphatic rings. The van der Waals surface area contributed by atoms with Gasteiger partial charge in [-0.15, -0.1) is 0 Å². The second-order valence-corrected chi connectivity index (χ2v) is 6.30. The van der Waals surface area contributed by atoms with Gasteiger partial charge in [-0.2, -0.15) is 5.10 Å². The highest BCUT2D eigenvalue weighted by Crippen LogP contribution is 2.23. The van der Waals surface area contributed by atoms with E-state index in [9.17, 15) is 4.79 Å². The third-order valence-corrected chi connectivity index (χ3v) is 4.45. The Labute approximate surface area is 139 Å². The average Bonchev–Trinajstić information content (AvgIpc) is 3.02. The second kappa shape index (κ2) is 5.96. The molecule has 0 radical (unpaired) electrons. The van der Waals surface area contributed by atoms with E-state index in [2.05, 4.69) is 31.9 Å². The van der Waals surface area contributed by atoms with Gasteiger partial charge < -0.3 is 10.6 Å². The molecule has 0 spiro atoms. The fraction of sp³-hybridized carbons (Fsp3) is 0.278. The minimum absolute atomic E-state index is 0.124. The number of pyridine rings is 1. The number of carbonyl (C=O) groups is 1. The number of fused-ring (bicyclic) bond motifs is 2. The van der Waals surface area contributed by atoms with Crippen molar-refractivity contribution in [1.29, 1.82) is 0 Å². The number of H-pyrrole nitrogens is 1. The summed E-state index contributed by atoms with van der Waals surface area (Å²) in [4.78, 5) is 16.8. The van der Waals surface area contributed by atoms with Gasteiger partial charge in [0.15, 0.2) is 0 Å². The molecular weight excluding hydrogens is 302 g/mol. The number of benzene rings is 1. The highest BCUT2D eigenvalue weighted by molar-refractivity contribution is 6.00. The molecule has 0 fully saturated rings. The molecule has 24 heavy (non-hydrogen) atoms. The Hall–Kier alpha value is -2.89. The highest BCUT2D eigenvalue weighted by Gasteiger charge is 2.21. The topological polar surface area (TPSA) is 82.7 Å². The summed E-state index contributed by atoms with van der Waals surface area (Å²) in [6.45, 7) is 2.01. The molecule has 0 aliphatic heterocycles. The Balaban J connectivity index is 1.49. The van der Waals surface area contributed by atoms with Gasteiger partial charge in [0.2, 0.25) is 0 Å². The van der Waals surface area contributed by atoms with Crippen molar-refractivity contribution >= 4 is 22.6 Å². The van der Waals surface area contributed by atoms with Crippen molar-refractivity contribution in [1.82, 2.24) is 20.5 Å². The lowest BCUT2D eigenvalue weighted by Crippen LogP contribution is -2.41. The molecule has 122 valence electrons. The molecular formula is C18H19N5O. The molecule has 1 aliphatic carbocycles. The van der Waals surface area contributed by atoms with Crippen LogP contribution in [0.3, 0.4) is 0 Å². The van der Waals surface area contributed by atoms with Gasteiger partial charge in [-0.1, -0.05) is 6.07 Å². The van der Waals surface area contributed by atoms with E-state index in [1.165, 1.54) is 11.3 Å². The molecule has 3 N–H and O–H groups in total. The fourth-order valence-corrected chi connectivity index (χ4v) is 3.32. The molecule has 1 aromatic carbocycles. The summed E-state index contributed by atoms with van der Waals surface area (Å²) in [7, 11) is 0. The number of hydrogen-bond donors (Lipinski definition) is 3. The van der Waals surface area contributed by atoms with Crippen molar-refractivity contribution in [2.24, 2.45) is 0 Å². The molecule has 0 unspecified atom stereocenters. The van der Waals surface area contributed by atoms with Crippen LogP contribution in [0.25, 0.3) is 10.9 Å². The molecule has 2 amide bonds. The summed E-state index contributed by atoms with van der Waals surface area (Å²) >= 11 is 0. The van der Waals surface area contributed by atoms with Gasteiger partial charge in [0.25, 0.3) is 0 Å². The van der Waals surface area contributed by atoms with Crippen LogP contribution in [0.1, 0.15) is 23.2 Å². The first-order valence-electron chi connectivity index (χ1n) is 8.13. The quantitative estimate of drug-likeness (QED) is 0.678. The number of nitrogens with one attached hydrogen (secondary N) is 3. The summed E-state index contributed by atoms with van der Waals surface area (Å²) in [6.07, 6.45) is 6.22. The maximum atomic E-state index is 12.4. The second-order valence-electron chi connectivity index (χ2n) is 6.30. The summed E-state index contributed by atoms with van der Waals surface area (Å²) in [5, 5.41) is 14.1. The zero-order chi connectivity index (χ0) is 16.5. The first-order valence-corrected chi connectivity index (χ1v) is 8.13. The van der Waals surface area contributed by atoms with Crippen LogP contribution in [0, 0.1) is 6.92 Å². The maximum Gasteiger partial charge on any atom is 0.319 e. The summed E-state index contributed by atoms with van der Waals surface area (Å²) < 4.78 is 0. The van der Waals surface area contributed by atoms with Crippen molar-refractivity contribution in [3.05, 3.63) is 53.5 Å². The number of rotatable bonds is 2. The van der Waals surface area contributed by atoms with Gasteiger partial charge >= 0.3 is 6.03 Å². The summed E-state index contributed by atoms with van der Waals surface area (Å²) in [6, 6.07) is 7.84. The van der Waals surface area contributed by atoms with Crippen LogP contribution in [0.4, 0.5) is 10.5 Å². The standard InChI is InChI=1S/C18H19N5O/c1-11-7-12-3-2-6-19-17(12)16(8-11)22-18(24)21-14-4-5-15-13(9-14)10-20-23-15/h2-3,6-8,10,14H,4-5,9H2,1H3,(H,20,23)(H2,21,22,24)/t14-/m1/s1. The summed E-state index contributed by atoms with van der Waals surface area (Å²) in [5.74, 6) is 0. The van der Waals surface area contributed by atoms with E-state index in [1.54, 1.807) is 6.20 Å². The molecule has 1 atom stereocenters. The minimum atomic E-state index is -0.190. The first kappa shape index (κ1) is 14.7. The van der Waals surface area contributed by atoms with Gasteiger partial charge in [0.1, 0.15) is 0 Å². The van der Waals surface area contributed by atoms with Crippen LogP contribution >= 0.6 is 0 Å². The van der Waals surface area contributed by atoms with Crippen LogP contribution in [0.5, 0.6) is 0 Å². The number of amides is 2. The molecule has 0 bridgehead atoms. The third-order valence-electron chi connectivity index (χ3n) is 4.45. The number of hydrogen-bond acceptors (Lipinski definition) is 3. The Kier molecular flexibility index (Phi) is 3.65. The van der Waals surface area contributed by atoms with E-state index in [4.69, 9.17) is 0 Å². The number of aryl methyl sites for hydroxylation is 2. The predicted octanol–water partition coefficient (Wildman–Crippen LogP) is 2.95. The zero-order valence-electron chi connectivity index (χ0n) is 13.5. The molecule has 3 aromatic rings. The minimum Gasteiger partial charge on any atom is -0.335 e. The SMILES string of the molecule is Cc1cc(NC(=O)N[C@@H]2CCc3[nH]ncc3C2)c2ncccc2c1. The Bertz CT molecular complexity index is 901. The van der Waals surface area contributed by atoms with Crippen LogP contribution in [0.2, 0.25) is 0 Å². The van der Waals surface area contributed by atoms with Gasteiger partial charge in [-0.05, 0) is 55.5 Å². The number of aromatic amines is 1. The van der Waals surface area contributed by atoms with Crippen molar-refractivity contribution in [2.75, 3.05) is 5.32 Å². The van der Waals surface area contributed by atoms with E-state index < -0.39 is 0 Å².